The fraction of sp³-hybridized carbons (Fsp3) is 0.611. The molecular formula is C36H52N2O5. The number of aliphatic carboxylic acids is 1. The van der Waals surface area contributed by atoms with Crippen molar-refractivity contribution in [2.45, 2.75) is 110 Å². The Morgan fingerprint density at radius 3 is 2.16 bits per heavy atom. The van der Waals surface area contributed by atoms with Gasteiger partial charge in [0.2, 0.25) is 0 Å². The van der Waals surface area contributed by atoms with Crippen LogP contribution in [0, 0.1) is 17.3 Å². The average molecular weight is 593 g/mol. The Bertz CT molecular complexity index is 1240. The van der Waals surface area contributed by atoms with E-state index in [0.29, 0.717) is 6.54 Å². The summed E-state index contributed by atoms with van der Waals surface area (Å²) in [5.41, 5.74) is 2.65. The molecule has 7 nitrogen and oxygen atoms in total. The Morgan fingerprint density at radius 1 is 0.977 bits per heavy atom. The molecule has 0 bridgehead atoms. The lowest BCUT2D eigenvalue weighted by Crippen LogP contribution is -2.52. The molecule has 2 aliphatic rings. The smallest absolute Gasteiger partial charge is 0.326 e. The first-order chi connectivity index (χ1) is 20.3. The number of likely N-dealkylation sites (tertiary alicyclic amines) is 1. The molecule has 1 saturated carbocycles. The van der Waals surface area contributed by atoms with E-state index in [2.05, 4.69) is 59.0 Å². The van der Waals surface area contributed by atoms with E-state index in [1.54, 1.807) is 19.1 Å². The van der Waals surface area contributed by atoms with Gasteiger partial charge in [-0.25, -0.2) is 4.79 Å². The van der Waals surface area contributed by atoms with Crippen LogP contribution in [0.25, 0.3) is 0 Å². The number of nitrogens with one attached hydrogen (secondary N) is 1. The topological polar surface area (TPSA) is 88.1 Å². The van der Waals surface area contributed by atoms with Crippen LogP contribution in [0.1, 0.15) is 96.4 Å². The Labute approximate surface area is 258 Å². The molecule has 43 heavy (non-hydrogen) atoms. The summed E-state index contributed by atoms with van der Waals surface area (Å²) in [5, 5.41) is 14.6. The highest BCUT2D eigenvalue weighted by Crippen LogP contribution is 2.49. The quantitative estimate of drug-likeness (QED) is 0.335. The molecule has 1 amide bonds. The Hall–Kier alpha value is -2.90. The van der Waals surface area contributed by atoms with Gasteiger partial charge in [-0.3, -0.25) is 4.79 Å². The molecule has 0 aromatic heterocycles. The molecule has 2 aromatic carbocycles. The third-order valence-electron chi connectivity index (χ3n) is 9.57. The second-order valence-electron chi connectivity index (χ2n) is 14.5. The van der Waals surface area contributed by atoms with Crippen LogP contribution in [-0.4, -0.2) is 54.3 Å². The number of amides is 1. The number of hydrogen-bond donors (Lipinski definition) is 2. The number of carboxylic acids is 1. The fourth-order valence-electron chi connectivity index (χ4n) is 7.42. The predicted octanol–water partition coefficient (Wildman–Crippen LogP) is 6.75. The summed E-state index contributed by atoms with van der Waals surface area (Å²) in [6, 6.07) is 14.3. The lowest BCUT2D eigenvalue weighted by atomic mass is 9.72. The maximum atomic E-state index is 14.6. The fourth-order valence-corrected chi connectivity index (χ4v) is 7.42. The van der Waals surface area contributed by atoms with Crippen LogP contribution in [-0.2, 0) is 26.3 Å². The molecule has 0 radical (unpaired) electrons. The first-order valence-corrected chi connectivity index (χ1v) is 15.8. The zero-order chi connectivity index (χ0) is 31.5. The van der Waals surface area contributed by atoms with E-state index in [0.717, 1.165) is 49.0 Å². The van der Waals surface area contributed by atoms with Gasteiger partial charge in [-0.15, -0.1) is 0 Å². The number of benzene rings is 2. The van der Waals surface area contributed by atoms with Crippen LogP contribution in [0.15, 0.2) is 48.5 Å². The summed E-state index contributed by atoms with van der Waals surface area (Å²) in [7, 11) is 3.26. The van der Waals surface area contributed by atoms with Gasteiger partial charge in [0.15, 0.2) is 0 Å². The van der Waals surface area contributed by atoms with E-state index >= 15 is 0 Å². The predicted molar refractivity (Wildman–Crippen MR) is 170 cm³/mol. The highest BCUT2D eigenvalue weighted by Gasteiger charge is 2.59. The van der Waals surface area contributed by atoms with E-state index in [1.807, 2.05) is 36.4 Å². The van der Waals surface area contributed by atoms with Crippen molar-refractivity contribution >= 4 is 11.9 Å². The van der Waals surface area contributed by atoms with Gasteiger partial charge in [-0.2, -0.15) is 0 Å². The average Bonchev–Trinajstić information content (AvgIpc) is 3.33. The number of nitrogens with zero attached hydrogens (tertiary/aromatic N) is 1. The van der Waals surface area contributed by atoms with Crippen molar-refractivity contribution in [2.75, 3.05) is 14.2 Å². The van der Waals surface area contributed by atoms with Gasteiger partial charge < -0.3 is 24.8 Å². The molecule has 1 unspecified atom stereocenters. The number of carboxylic acid groups (broad SMARTS) is 1. The second kappa shape index (κ2) is 13.4. The second-order valence-corrected chi connectivity index (χ2v) is 14.5. The molecule has 7 heteroatoms. The van der Waals surface area contributed by atoms with Crippen LogP contribution in [0.3, 0.4) is 0 Å². The van der Waals surface area contributed by atoms with Gasteiger partial charge in [0.1, 0.15) is 17.9 Å². The Balaban J connectivity index is 1.82. The standard InChI is InChI=1S/C36H52N2O5/c1-35(2,3)26-19-20-27(42-7)25(21-26)22-37-29-28(36(4,5)6)31(34(40)41)38(30(29)23-15-11-9-12-16-23)33(39)32(43-8)24-17-13-10-14-18-24/h9,11-12,15-16,19-21,24,28-32,37H,10,13-14,17-18,22H2,1-8H3,(H,40,41)/t28-,29-,30-,31-,32?/m0/s1. The molecule has 1 aliphatic carbocycles. The van der Waals surface area contributed by atoms with E-state index in [1.165, 1.54) is 5.56 Å². The summed E-state index contributed by atoms with van der Waals surface area (Å²) in [6.07, 6.45) is 4.45. The van der Waals surface area contributed by atoms with Crippen molar-refractivity contribution in [2.24, 2.45) is 17.3 Å². The molecule has 2 fully saturated rings. The molecule has 2 N–H and O–H groups in total. The normalized spacial score (nSPS) is 24.1. The molecule has 5 atom stereocenters. The summed E-state index contributed by atoms with van der Waals surface area (Å²) >= 11 is 0. The van der Waals surface area contributed by atoms with Crippen LogP contribution in [0.4, 0.5) is 0 Å². The molecule has 1 aliphatic heterocycles. The maximum absolute atomic E-state index is 14.6. The first-order valence-electron chi connectivity index (χ1n) is 15.8. The van der Waals surface area contributed by atoms with E-state index in [4.69, 9.17) is 9.47 Å². The highest BCUT2D eigenvalue weighted by atomic mass is 16.5. The zero-order valence-electron chi connectivity index (χ0n) is 27.4. The van der Waals surface area contributed by atoms with Crippen LogP contribution < -0.4 is 10.1 Å². The van der Waals surface area contributed by atoms with Crippen molar-refractivity contribution in [1.82, 2.24) is 10.2 Å². The van der Waals surface area contributed by atoms with Gasteiger partial charge in [-0.1, -0.05) is 103 Å². The third-order valence-corrected chi connectivity index (χ3v) is 9.57. The van der Waals surface area contributed by atoms with Gasteiger partial charge in [0.25, 0.3) is 5.91 Å². The minimum absolute atomic E-state index is 0.0409. The lowest BCUT2D eigenvalue weighted by molar-refractivity contribution is -0.159. The highest BCUT2D eigenvalue weighted by molar-refractivity contribution is 5.88. The molecular weight excluding hydrogens is 540 g/mol. The van der Waals surface area contributed by atoms with Crippen molar-refractivity contribution in [3.8, 4) is 5.75 Å². The first kappa shape index (κ1) is 33.0. The SMILES string of the molecule is COc1ccc(C(C)(C)C)cc1CN[C@H]1[C@H](C(C)(C)C)[C@@H](C(=O)O)N(C(=O)C(OC)C2CCCCC2)[C@H]1c1ccccc1. The number of methoxy groups -OCH3 is 2. The van der Waals surface area contributed by atoms with Crippen LogP contribution in [0.2, 0.25) is 0 Å². The molecule has 0 spiro atoms. The number of hydrogen-bond acceptors (Lipinski definition) is 5. The third kappa shape index (κ3) is 7.09. The van der Waals surface area contributed by atoms with Gasteiger partial charge in [0.05, 0.1) is 13.2 Å². The molecule has 236 valence electrons. The minimum atomic E-state index is -1.01. The van der Waals surface area contributed by atoms with Crippen molar-refractivity contribution in [3.63, 3.8) is 0 Å². The molecule has 4 rings (SSSR count). The Morgan fingerprint density at radius 2 is 1.63 bits per heavy atom. The van der Waals surface area contributed by atoms with Crippen LogP contribution in [0.5, 0.6) is 5.75 Å². The van der Waals surface area contributed by atoms with E-state index < -0.39 is 29.6 Å². The number of carbonyl (C=O) groups excluding carboxylic acids is 1. The number of rotatable bonds is 9. The minimum Gasteiger partial charge on any atom is -0.496 e. The maximum Gasteiger partial charge on any atom is 0.326 e. The van der Waals surface area contributed by atoms with Crippen molar-refractivity contribution in [1.29, 1.82) is 0 Å². The number of carbonyl (C=O) groups is 2. The van der Waals surface area contributed by atoms with Gasteiger partial charge >= 0.3 is 5.97 Å². The van der Waals surface area contributed by atoms with Gasteiger partial charge in [0, 0.05) is 31.2 Å². The summed E-state index contributed by atoms with van der Waals surface area (Å²) < 4.78 is 11.7. The lowest BCUT2D eigenvalue weighted by Gasteiger charge is -2.37. The molecule has 1 heterocycles. The molecule has 1 saturated heterocycles. The summed E-state index contributed by atoms with van der Waals surface area (Å²) in [4.78, 5) is 29.5. The number of ether oxygens (including phenoxy) is 2. The summed E-state index contributed by atoms with van der Waals surface area (Å²) in [6.45, 7) is 13.3. The van der Waals surface area contributed by atoms with E-state index in [9.17, 15) is 14.7 Å². The van der Waals surface area contributed by atoms with Gasteiger partial charge in [-0.05, 0) is 46.8 Å². The monoisotopic (exact) mass is 592 g/mol. The van der Waals surface area contributed by atoms with E-state index in [-0.39, 0.29) is 29.2 Å². The molecule has 2 aromatic rings. The van der Waals surface area contributed by atoms with Crippen LogP contribution >= 0.6 is 0 Å². The summed E-state index contributed by atoms with van der Waals surface area (Å²) in [5.74, 6) is -0.714. The zero-order valence-corrected chi connectivity index (χ0v) is 27.4. The van der Waals surface area contributed by atoms with Crippen molar-refractivity contribution in [3.05, 3.63) is 65.2 Å². The van der Waals surface area contributed by atoms with Crippen molar-refractivity contribution < 1.29 is 24.2 Å². The largest absolute Gasteiger partial charge is 0.496 e. The Kier molecular flexibility index (Phi) is 10.3.